The van der Waals surface area contributed by atoms with E-state index in [1.165, 1.54) is 13.8 Å². The summed E-state index contributed by atoms with van der Waals surface area (Å²) in [6, 6.07) is 0. The summed E-state index contributed by atoms with van der Waals surface area (Å²) < 4.78 is 32.2. The molecule has 21 heavy (non-hydrogen) atoms. The zero-order valence-electron chi connectivity index (χ0n) is 13.9. The molecule has 0 aromatic carbocycles. The monoisotopic (exact) mass is 405 g/mol. The number of carbonyl (C=O) groups is 2. The fourth-order valence-corrected chi connectivity index (χ4v) is 1.30. The first-order valence-electron chi connectivity index (χ1n) is 5.26. The van der Waals surface area contributed by atoms with Crippen molar-refractivity contribution in [3.63, 3.8) is 0 Å². The third-order valence-electron chi connectivity index (χ3n) is 2.22. The number of rotatable bonds is 7. The molecule has 0 radical (unpaired) electrons. The molecule has 1 atom stereocenters. The minimum Gasteiger partial charge on any atom is -1.00 e. The fourth-order valence-electron chi connectivity index (χ4n) is 0.985. The summed E-state index contributed by atoms with van der Waals surface area (Å²) in [6.07, 6.45) is -1.99. The molecule has 0 aromatic rings. The van der Waals surface area contributed by atoms with Gasteiger partial charge in [0.1, 0.15) is 6.10 Å². The Balaban J connectivity index is -0.000000270. The van der Waals surface area contributed by atoms with E-state index < -0.39 is 46.8 Å². The van der Waals surface area contributed by atoms with Crippen molar-refractivity contribution < 1.29 is 59.3 Å². The van der Waals surface area contributed by atoms with Gasteiger partial charge in [0.05, 0.1) is 13.0 Å². The minimum absolute atomic E-state index is 0. The van der Waals surface area contributed by atoms with E-state index in [0.717, 1.165) is 0 Å². The Kier molecular flexibility index (Phi) is 14.2. The van der Waals surface area contributed by atoms with Crippen LogP contribution < -0.4 is 5.32 Å². The van der Waals surface area contributed by atoms with Gasteiger partial charge >= 0.3 is 54.1 Å². The van der Waals surface area contributed by atoms with Crippen molar-refractivity contribution in [3.8, 4) is 0 Å². The number of aliphatic hydroxyl groups excluding tert-OH is 2. The summed E-state index contributed by atoms with van der Waals surface area (Å²) in [5.41, 5.74) is -1.06. The maximum absolute atomic E-state index is 11.4. The van der Waals surface area contributed by atoms with E-state index in [2.05, 4.69) is 9.50 Å². The first kappa shape index (κ1) is 26.5. The molecule has 12 heteroatoms. The summed E-state index contributed by atoms with van der Waals surface area (Å²) in [6.45, 7) is 2.21. The van der Waals surface area contributed by atoms with E-state index in [-0.39, 0.29) is 66.6 Å². The summed E-state index contributed by atoms with van der Waals surface area (Å²) in [5.74, 6) is -2.07. The van der Waals surface area contributed by atoms with Gasteiger partial charge < -0.3 is 22.6 Å². The van der Waals surface area contributed by atoms with Crippen LogP contribution in [0.1, 0.15) is 23.1 Å². The van der Waals surface area contributed by atoms with Crippen LogP contribution in [-0.2, 0) is 43.6 Å². The number of carbonyl (C=O) groups excluding carboxylic acids is 2. The Hall–Kier alpha value is 0.653. The van der Waals surface area contributed by atoms with Gasteiger partial charge in [-0.15, -0.1) is 0 Å². The van der Waals surface area contributed by atoms with E-state index >= 15 is 0 Å². The van der Waals surface area contributed by atoms with Gasteiger partial charge in [0.2, 0.25) is 5.91 Å². The van der Waals surface area contributed by atoms with Crippen molar-refractivity contribution in [1.82, 2.24) is 5.32 Å². The Morgan fingerprint density at radius 2 is 1.86 bits per heavy atom. The molecule has 9 nitrogen and oxygen atoms in total. The Morgan fingerprint density at radius 3 is 2.24 bits per heavy atom. The van der Waals surface area contributed by atoms with Gasteiger partial charge in [-0.25, -0.2) is 0 Å². The third kappa shape index (κ3) is 11.8. The van der Waals surface area contributed by atoms with Gasteiger partial charge in [0.25, 0.3) is 0 Å². The van der Waals surface area contributed by atoms with Gasteiger partial charge in [0.15, 0.2) is 0 Å². The van der Waals surface area contributed by atoms with Gasteiger partial charge in [-0.05, 0) is 0 Å². The van der Waals surface area contributed by atoms with Crippen LogP contribution in [0.5, 0.6) is 0 Å². The topological polar surface area (TPSA) is 150 Å². The summed E-state index contributed by atoms with van der Waals surface area (Å²) in [5, 5.41) is 20.7. The smallest absolute Gasteiger partial charge is 1.00 e. The molecule has 0 unspecified atom stereocenters. The largest absolute Gasteiger partial charge is 2.00 e. The molecule has 0 aliphatic carbocycles. The van der Waals surface area contributed by atoms with Crippen LogP contribution in [0, 0.1) is 5.41 Å². The van der Waals surface area contributed by atoms with E-state index in [9.17, 15) is 23.1 Å². The molecule has 0 aromatic heterocycles. The maximum Gasteiger partial charge on any atom is 2.00 e. The molecule has 1 amide bonds. The molecule has 0 aliphatic rings. The molecule has 0 fully saturated rings. The van der Waals surface area contributed by atoms with E-state index in [1.807, 2.05) is 0 Å². The predicted molar refractivity (Wildman–Crippen MR) is 70.1 cm³/mol. The van der Waals surface area contributed by atoms with Gasteiger partial charge in [0, 0.05) is 31.4 Å². The molecule has 0 bridgehead atoms. The average Bonchev–Trinajstić information content (AvgIpc) is 2.25. The maximum atomic E-state index is 11.4. The summed E-state index contributed by atoms with van der Waals surface area (Å²) in [7, 11) is -4.86. The first-order chi connectivity index (χ1) is 8.49. The Labute approximate surface area is 168 Å². The van der Waals surface area contributed by atoms with E-state index in [4.69, 9.17) is 9.66 Å². The zero-order chi connectivity index (χ0) is 15.3. The van der Waals surface area contributed by atoms with Crippen molar-refractivity contribution in [2.24, 2.45) is 5.41 Å². The molecule has 0 rings (SSSR count). The Bertz CT molecular complexity index is 451. The number of hydrogen-bond acceptors (Lipinski definition) is 7. The van der Waals surface area contributed by atoms with Crippen molar-refractivity contribution in [1.29, 1.82) is 0 Å². The molecule has 0 saturated heterocycles. The van der Waals surface area contributed by atoms with E-state index in [0.29, 0.717) is 0 Å². The zero-order valence-corrected chi connectivity index (χ0v) is 17.9. The first-order valence-corrected chi connectivity index (χ1v) is 6.62. The van der Waals surface area contributed by atoms with Crippen LogP contribution in [0.25, 0.3) is 0 Å². The van der Waals surface area contributed by atoms with Crippen molar-refractivity contribution in [2.75, 3.05) is 13.2 Å². The van der Waals surface area contributed by atoms with Crippen LogP contribution in [0.3, 0.4) is 0 Å². The molecular weight excluding hydrogens is 388 g/mol. The van der Waals surface area contributed by atoms with Gasteiger partial charge in [-0.3, -0.25) is 14.1 Å². The normalized spacial score (nSPS) is 12.4. The third-order valence-corrected chi connectivity index (χ3v) is 2.62. The average molecular weight is 407 g/mol. The van der Waals surface area contributed by atoms with Crippen molar-refractivity contribution in [3.05, 3.63) is 0 Å². The van der Waals surface area contributed by atoms with Gasteiger partial charge in [-0.1, -0.05) is 13.8 Å². The molecule has 0 aliphatic heterocycles. The minimum atomic E-state index is -4.86. The quantitative estimate of drug-likeness (QED) is 0.282. The number of aliphatic hydroxyl groups is 2. The predicted octanol–water partition coefficient (Wildman–Crippen LogP) is -1.94. The van der Waals surface area contributed by atoms with Crippen LogP contribution in [0.4, 0.5) is 0 Å². The van der Waals surface area contributed by atoms with Crippen LogP contribution in [0.15, 0.2) is 0 Å². The summed E-state index contributed by atoms with van der Waals surface area (Å²) >= 11 is 0. The second kappa shape index (κ2) is 11.2. The van der Waals surface area contributed by atoms with E-state index in [1.54, 1.807) is 0 Å². The number of amides is 1. The number of hydrogen-bond donors (Lipinski definition) is 4. The molecule has 118 valence electrons. The van der Waals surface area contributed by atoms with Gasteiger partial charge in [-0.2, -0.15) is 8.42 Å². The van der Waals surface area contributed by atoms with Crippen LogP contribution >= 0.6 is 0 Å². The number of nitrogens with one attached hydrogen (secondary N) is 1. The molecular formula is C9H19CaNO8SZn. The SMILES string of the molecule is CC(C)(CO)[C@@H](O)C(=O)NCCC(=O)OS(=O)(=O)O.[Ca+2].[H-].[H-].[Zn]. The molecule has 0 saturated carbocycles. The van der Waals surface area contributed by atoms with Crippen molar-refractivity contribution in [2.45, 2.75) is 26.4 Å². The second-order valence-electron chi connectivity index (χ2n) is 4.47. The standard InChI is InChI=1S/C9H17NO8S.Ca.Zn.2H/c1-9(2,5-11)7(13)8(14)10-4-3-6(12)18-19(15,16)17;;;;/h7,11,13H,3-5H2,1-2H3,(H,10,14)(H,15,16,17);;;;/q;+2;;2*-1/t7-;;;;/m0..../s1. The molecule has 0 heterocycles. The molecule has 4 N–H and O–H groups in total. The second-order valence-corrected chi connectivity index (χ2v) is 5.50. The van der Waals surface area contributed by atoms with Crippen LogP contribution in [0.2, 0.25) is 0 Å². The Morgan fingerprint density at radius 1 is 1.38 bits per heavy atom. The van der Waals surface area contributed by atoms with Crippen molar-refractivity contribution >= 4 is 60.0 Å². The molecule has 0 spiro atoms. The fraction of sp³-hybridized carbons (Fsp3) is 0.778. The van der Waals surface area contributed by atoms with Crippen LogP contribution in [-0.4, -0.2) is 92.1 Å². The summed E-state index contributed by atoms with van der Waals surface area (Å²) in [4.78, 5) is 22.3.